The summed E-state index contributed by atoms with van der Waals surface area (Å²) >= 11 is 0. The number of rotatable bonds is 7. The van der Waals surface area contributed by atoms with Crippen LogP contribution in [-0.2, 0) is 17.9 Å². The lowest BCUT2D eigenvalue weighted by Gasteiger charge is -2.24. The molecular weight excluding hydrogens is 404 g/mol. The molecule has 4 rings (SSSR count). The van der Waals surface area contributed by atoms with Gasteiger partial charge in [-0.1, -0.05) is 30.3 Å². The number of pyridine rings is 1. The normalized spacial score (nSPS) is 15.9. The van der Waals surface area contributed by atoms with Crippen molar-refractivity contribution in [1.29, 1.82) is 0 Å². The second-order valence-electron chi connectivity index (χ2n) is 7.87. The molecule has 2 amide bonds. The first-order valence-corrected chi connectivity index (χ1v) is 10.6. The van der Waals surface area contributed by atoms with E-state index in [0.717, 1.165) is 25.1 Å². The molecule has 3 N–H and O–H groups in total. The van der Waals surface area contributed by atoms with Crippen LogP contribution >= 0.6 is 0 Å². The Labute approximate surface area is 187 Å². The number of hydrogen-bond donors (Lipinski definition) is 2. The Morgan fingerprint density at radius 2 is 1.81 bits per heavy atom. The highest BCUT2D eigenvalue weighted by Gasteiger charge is 2.25. The van der Waals surface area contributed by atoms with Crippen molar-refractivity contribution in [1.82, 2.24) is 9.88 Å². The lowest BCUT2D eigenvalue weighted by atomic mass is 10.1. The molecule has 1 unspecified atom stereocenters. The van der Waals surface area contributed by atoms with Gasteiger partial charge in [0.2, 0.25) is 5.91 Å². The van der Waals surface area contributed by atoms with Crippen molar-refractivity contribution >= 4 is 17.7 Å². The van der Waals surface area contributed by atoms with Crippen LogP contribution in [0.2, 0.25) is 0 Å². The number of primary amides is 1. The van der Waals surface area contributed by atoms with Gasteiger partial charge in [0.15, 0.2) is 0 Å². The van der Waals surface area contributed by atoms with Crippen LogP contribution in [0.4, 0.5) is 10.5 Å². The average Bonchev–Trinajstić information content (AvgIpc) is 3.28. The minimum atomic E-state index is -0.534. The smallest absolute Gasteiger partial charge is 0.411 e. The average molecular weight is 431 g/mol. The second kappa shape index (κ2) is 10.1. The van der Waals surface area contributed by atoms with Gasteiger partial charge < -0.3 is 10.5 Å². The number of carbonyl (C=O) groups excluding carboxylic acids is 2. The van der Waals surface area contributed by atoms with Crippen LogP contribution in [0.3, 0.4) is 0 Å². The summed E-state index contributed by atoms with van der Waals surface area (Å²) in [6.07, 6.45) is 5.54. The molecular formula is C25H26N4O3. The van der Waals surface area contributed by atoms with Crippen molar-refractivity contribution in [2.45, 2.75) is 32.0 Å². The van der Waals surface area contributed by atoms with Gasteiger partial charge in [0.25, 0.3) is 0 Å². The predicted molar refractivity (Wildman–Crippen MR) is 122 cm³/mol. The first-order chi connectivity index (χ1) is 15.6. The predicted octanol–water partition coefficient (Wildman–Crippen LogP) is 4.27. The van der Waals surface area contributed by atoms with E-state index in [1.807, 2.05) is 36.5 Å². The number of aromatic nitrogens is 1. The summed E-state index contributed by atoms with van der Waals surface area (Å²) in [5.74, 6) is -0.490. The maximum atomic E-state index is 12.1. The number of ether oxygens (including phenoxy) is 1. The number of anilines is 1. The number of hydrogen-bond acceptors (Lipinski definition) is 5. The van der Waals surface area contributed by atoms with Crippen LogP contribution in [0, 0.1) is 0 Å². The van der Waals surface area contributed by atoms with E-state index in [1.165, 1.54) is 17.5 Å². The molecule has 0 saturated carbocycles. The van der Waals surface area contributed by atoms with Crippen molar-refractivity contribution in [2.75, 3.05) is 11.9 Å². The summed E-state index contributed by atoms with van der Waals surface area (Å²) in [5, 5.41) is 2.74. The Hall–Kier alpha value is -3.71. The maximum Gasteiger partial charge on any atom is 0.411 e. The van der Waals surface area contributed by atoms with Gasteiger partial charge in [-0.3, -0.25) is 20.0 Å². The Kier molecular flexibility index (Phi) is 6.77. The van der Waals surface area contributed by atoms with Gasteiger partial charge in [0, 0.05) is 36.2 Å². The zero-order valence-electron chi connectivity index (χ0n) is 17.7. The molecule has 1 fully saturated rings. The SMILES string of the molecule is NC(=O)c1ccc(COC(=O)Nc2ccc(CN3CCCC3c3cccnc3)cc2)cc1. The molecule has 1 saturated heterocycles. The summed E-state index contributed by atoms with van der Waals surface area (Å²) in [6.45, 7) is 2.02. The van der Waals surface area contributed by atoms with E-state index in [2.05, 4.69) is 21.3 Å². The van der Waals surface area contributed by atoms with Crippen molar-refractivity contribution in [2.24, 2.45) is 5.73 Å². The van der Waals surface area contributed by atoms with Crippen molar-refractivity contribution in [3.8, 4) is 0 Å². The zero-order chi connectivity index (χ0) is 22.3. The minimum absolute atomic E-state index is 0.105. The van der Waals surface area contributed by atoms with E-state index in [0.29, 0.717) is 17.3 Å². The lowest BCUT2D eigenvalue weighted by Crippen LogP contribution is -2.22. The molecule has 0 aliphatic carbocycles. The van der Waals surface area contributed by atoms with E-state index in [1.54, 1.807) is 30.5 Å². The topological polar surface area (TPSA) is 97.6 Å². The standard InChI is InChI=1S/C25H26N4O3/c26-24(30)20-9-5-19(6-10-20)17-32-25(31)28-22-11-7-18(8-12-22)16-29-14-2-4-23(29)21-3-1-13-27-15-21/h1,3,5-13,15,23H,2,4,14,16-17H2,(H2,26,30)(H,28,31). The van der Waals surface area contributed by atoms with Crippen LogP contribution in [0.25, 0.3) is 0 Å². The number of benzene rings is 2. The van der Waals surface area contributed by atoms with Crippen LogP contribution in [0.15, 0.2) is 73.1 Å². The summed E-state index contributed by atoms with van der Waals surface area (Å²) < 4.78 is 5.25. The fourth-order valence-corrected chi connectivity index (χ4v) is 3.96. The molecule has 1 aliphatic rings. The van der Waals surface area contributed by atoms with Gasteiger partial charge in [0.1, 0.15) is 6.61 Å². The van der Waals surface area contributed by atoms with E-state index in [9.17, 15) is 9.59 Å². The monoisotopic (exact) mass is 430 g/mol. The largest absolute Gasteiger partial charge is 0.444 e. The fourth-order valence-electron chi connectivity index (χ4n) is 3.96. The molecule has 1 atom stereocenters. The first-order valence-electron chi connectivity index (χ1n) is 10.6. The molecule has 164 valence electrons. The maximum absolute atomic E-state index is 12.1. The van der Waals surface area contributed by atoms with Crippen LogP contribution in [0.5, 0.6) is 0 Å². The van der Waals surface area contributed by atoms with Gasteiger partial charge in [-0.15, -0.1) is 0 Å². The molecule has 3 aromatic rings. The molecule has 0 bridgehead atoms. The summed E-state index contributed by atoms with van der Waals surface area (Å²) in [6, 6.07) is 19.0. The summed E-state index contributed by atoms with van der Waals surface area (Å²) in [4.78, 5) is 29.9. The molecule has 0 spiro atoms. The second-order valence-corrected chi connectivity index (χ2v) is 7.87. The van der Waals surface area contributed by atoms with Gasteiger partial charge in [0.05, 0.1) is 0 Å². The Morgan fingerprint density at radius 1 is 1.06 bits per heavy atom. The number of likely N-dealkylation sites (tertiary alicyclic amines) is 1. The Balaban J connectivity index is 1.28. The highest BCUT2D eigenvalue weighted by atomic mass is 16.5. The summed E-state index contributed by atoms with van der Waals surface area (Å²) in [7, 11) is 0. The number of nitrogens with one attached hydrogen (secondary N) is 1. The minimum Gasteiger partial charge on any atom is -0.444 e. The molecule has 7 nitrogen and oxygen atoms in total. The zero-order valence-corrected chi connectivity index (χ0v) is 17.7. The van der Waals surface area contributed by atoms with Gasteiger partial charge in [-0.2, -0.15) is 0 Å². The number of nitrogens with zero attached hydrogens (tertiary/aromatic N) is 2. The van der Waals surface area contributed by atoms with Crippen LogP contribution in [-0.4, -0.2) is 28.4 Å². The molecule has 32 heavy (non-hydrogen) atoms. The lowest BCUT2D eigenvalue weighted by molar-refractivity contribution is 0.1000. The molecule has 2 aromatic carbocycles. The Bertz CT molecular complexity index is 1050. The van der Waals surface area contributed by atoms with E-state index < -0.39 is 12.0 Å². The first kappa shape index (κ1) is 21.5. The highest BCUT2D eigenvalue weighted by molar-refractivity contribution is 5.92. The molecule has 1 aromatic heterocycles. The van der Waals surface area contributed by atoms with Gasteiger partial charge in [-0.05, 0) is 66.4 Å². The van der Waals surface area contributed by atoms with E-state index in [4.69, 9.17) is 10.5 Å². The van der Waals surface area contributed by atoms with Gasteiger partial charge >= 0.3 is 6.09 Å². The van der Waals surface area contributed by atoms with Crippen molar-refractivity contribution in [3.05, 3.63) is 95.3 Å². The third-order valence-corrected chi connectivity index (χ3v) is 5.63. The Morgan fingerprint density at radius 3 is 2.50 bits per heavy atom. The molecule has 1 aliphatic heterocycles. The quantitative estimate of drug-likeness (QED) is 0.583. The summed E-state index contributed by atoms with van der Waals surface area (Å²) in [5.41, 5.74) is 9.53. The third-order valence-electron chi connectivity index (χ3n) is 5.63. The fraction of sp³-hybridized carbons (Fsp3) is 0.240. The van der Waals surface area contributed by atoms with E-state index in [-0.39, 0.29) is 6.61 Å². The molecule has 7 heteroatoms. The van der Waals surface area contributed by atoms with Gasteiger partial charge in [-0.25, -0.2) is 4.79 Å². The number of amides is 2. The highest BCUT2D eigenvalue weighted by Crippen LogP contribution is 2.32. The van der Waals surface area contributed by atoms with Crippen LogP contribution < -0.4 is 11.1 Å². The van der Waals surface area contributed by atoms with E-state index >= 15 is 0 Å². The van der Waals surface area contributed by atoms with Crippen LogP contribution in [0.1, 0.15) is 45.9 Å². The number of nitrogens with two attached hydrogens (primary N) is 1. The van der Waals surface area contributed by atoms with Crippen molar-refractivity contribution < 1.29 is 14.3 Å². The number of carbonyl (C=O) groups is 2. The molecule has 0 radical (unpaired) electrons. The molecule has 2 heterocycles. The third kappa shape index (κ3) is 5.50. The van der Waals surface area contributed by atoms with Crippen molar-refractivity contribution in [3.63, 3.8) is 0 Å².